The molecule has 0 saturated heterocycles. The summed E-state index contributed by atoms with van der Waals surface area (Å²) in [6.45, 7) is 6.96. The molecular formula is C12H19N3. The second-order valence-corrected chi connectivity index (χ2v) is 3.63. The van der Waals surface area contributed by atoms with E-state index in [-0.39, 0.29) is 0 Å². The first-order valence-electron chi connectivity index (χ1n) is 5.45. The highest BCUT2D eigenvalue weighted by molar-refractivity contribution is 5.15. The normalized spacial score (nSPS) is 10.2. The Kier molecular flexibility index (Phi) is 4.92. The van der Waals surface area contributed by atoms with Gasteiger partial charge >= 0.3 is 0 Å². The van der Waals surface area contributed by atoms with Crippen LogP contribution in [0.5, 0.6) is 0 Å². The fourth-order valence-electron chi connectivity index (χ4n) is 1.43. The van der Waals surface area contributed by atoms with Crippen molar-refractivity contribution in [3.8, 4) is 12.3 Å². The summed E-state index contributed by atoms with van der Waals surface area (Å²) in [5.74, 6) is 2.62. The van der Waals surface area contributed by atoms with Gasteiger partial charge in [-0.05, 0) is 19.9 Å². The van der Waals surface area contributed by atoms with Crippen LogP contribution < -0.4 is 5.32 Å². The summed E-state index contributed by atoms with van der Waals surface area (Å²) in [6, 6.07) is 0. The van der Waals surface area contributed by atoms with Crippen LogP contribution in [-0.2, 0) is 13.1 Å². The Labute approximate surface area is 91.9 Å². The van der Waals surface area contributed by atoms with Gasteiger partial charge < -0.3 is 5.32 Å². The average molecular weight is 205 g/mol. The Morgan fingerprint density at radius 1 is 1.60 bits per heavy atom. The molecule has 15 heavy (non-hydrogen) atoms. The molecule has 0 fully saturated rings. The van der Waals surface area contributed by atoms with Gasteiger partial charge in [0.15, 0.2) is 0 Å². The van der Waals surface area contributed by atoms with Crippen molar-refractivity contribution in [2.45, 2.75) is 39.8 Å². The van der Waals surface area contributed by atoms with Gasteiger partial charge in [0.05, 0.1) is 12.2 Å². The minimum atomic E-state index is 0.739. The zero-order valence-electron chi connectivity index (χ0n) is 9.58. The molecular weight excluding hydrogens is 186 g/mol. The largest absolute Gasteiger partial charge is 0.313 e. The summed E-state index contributed by atoms with van der Waals surface area (Å²) in [5.41, 5.74) is 2.36. The predicted octanol–water partition coefficient (Wildman–Crippen LogP) is 1.71. The van der Waals surface area contributed by atoms with E-state index >= 15 is 0 Å². The lowest BCUT2D eigenvalue weighted by atomic mass is 10.2. The molecule has 1 aromatic heterocycles. The van der Waals surface area contributed by atoms with Gasteiger partial charge in [-0.3, -0.25) is 4.68 Å². The van der Waals surface area contributed by atoms with Crippen molar-refractivity contribution in [2.75, 3.05) is 6.54 Å². The smallest absolute Gasteiger partial charge is 0.0638 e. The van der Waals surface area contributed by atoms with E-state index in [1.165, 1.54) is 5.56 Å². The minimum Gasteiger partial charge on any atom is -0.313 e. The summed E-state index contributed by atoms with van der Waals surface area (Å²) >= 11 is 0. The van der Waals surface area contributed by atoms with Crippen LogP contribution in [0.25, 0.3) is 0 Å². The monoisotopic (exact) mass is 205 g/mol. The molecule has 0 amide bonds. The number of rotatable bonds is 6. The lowest BCUT2D eigenvalue weighted by Crippen LogP contribution is -2.13. The maximum absolute atomic E-state index is 5.22. The van der Waals surface area contributed by atoms with Gasteiger partial charge in [0, 0.05) is 24.7 Å². The lowest BCUT2D eigenvalue weighted by Gasteiger charge is -2.00. The second kappa shape index (κ2) is 6.26. The van der Waals surface area contributed by atoms with Gasteiger partial charge in [0.1, 0.15) is 0 Å². The van der Waals surface area contributed by atoms with Gasteiger partial charge in [0.25, 0.3) is 0 Å². The number of aryl methyl sites for hydroxylation is 2. The molecule has 0 atom stereocenters. The van der Waals surface area contributed by atoms with E-state index in [0.717, 1.165) is 38.2 Å². The molecule has 1 N–H and O–H groups in total. The highest BCUT2D eigenvalue weighted by atomic mass is 15.3. The Hall–Kier alpha value is -1.27. The molecule has 0 unspecified atom stereocenters. The Balaban J connectivity index is 2.49. The fourth-order valence-corrected chi connectivity index (χ4v) is 1.43. The van der Waals surface area contributed by atoms with E-state index in [9.17, 15) is 0 Å². The van der Waals surface area contributed by atoms with Crippen molar-refractivity contribution >= 4 is 0 Å². The zero-order chi connectivity index (χ0) is 11.1. The Morgan fingerprint density at radius 3 is 3.07 bits per heavy atom. The highest BCUT2D eigenvalue weighted by Crippen LogP contribution is 2.05. The number of aromatic nitrogens is 2. The van der Waals surface area contributed by atoms with Crippen LogP contribution >= 0.6 is 0 Å². The molecule has 0 bridgehead atoms. The third-order valence-electron chi connectivity index (χ3n) is 2.28. The van der Waals surface area contributed by atoms with Crippen molar-refractivity contribution in [3.63, 3.8) is 0 Å². The molecule has 0 aliphatic heterocycles. The summed E-state index contributed by atoms with van der Waals surface area (Å²) in [5, 5.41) is 7.78. The Morgan fingerprint density at radius 2 is 2.40 bits per heavy atom. The molecule has 0 radical (unpaired) electrons. The molecule has 3 nitrogen and oxygen atoms in total. The van der Waals surface area contributed by atoms with Crippen molar-refractivity contribution in [3.05, 3.63) is 17.5 Å². The Bertz CT molecular complexity index is 333. The number of nitrogens with one attached hydrogen (secondary N) is 1. The SMILES string of the molecule is C#CCCn1cc(CNCCC)c(C)n1. The summed E-state index contributed by atoms with van der Waals surface area (Å²) in [7, 11) is 0. The zero-order valence-corrected chi connectivity index (χ0v) is 9.58. The quantitative estimate of drug-likeness (QED) is 0.566. The maximum Gasteiger partial charge on any atom is 0.0638 e. The van der Waals surface area contributed by atoms with Crippen molar-refractivity contribution in [1.82, 2.24) is 15.1 Å². The molecule has 1 rings (SSSR count). The second-order valence-electron chi connectivity index (χ2n) is 3.63. The van der Waals surface area contributed by atoms with Crippen LogP contribution in [0.3, 0.4) is 0 Å². The van der Waals surface area contributed by atoms with E-state index in [1.807, 2.05) is 11.6 Å². The van der Waals surface area contributed by atoms with Crippen LogP contribution in [0.1, 0.15) is 31.0 Å². The number of hydrogen-bond donors (Lipinski definition) is 1. The highest BCUT2D eigenvalue weighted by Gasteiger charge is 2.03. The van der Waals surface area contributed by atoms with E-state index < -0.39 is 0 Å². The summed E-state index contributed by atoms with van der Waals surface area (Å²) in [4.78, 5) is 0. The first kappa shape index (κ1) is 11.8. The molecule has 3 heteroatoms. The number of hydrogen-bond acceptors (Lipinski definition) is 2. The molecule has 1 heterocycles. The number of nitrogens with zero attached hydrogens (tertiary/aromatic N) is 2. The standard InChI is InChI=1S/C12H19N3/c1-4-6-8-15-10-12(11(3)14-15)9-13-7-5-2/h1,10,13H,5-9H2,2-3H3. The third-order valence-corrected chi connectivity index (χ3v) is 2.28. The van der Waals surface area contributed by atoms with E-state index in [1.54, 1.807) is 0 Å². The summed E-state index contributed by atoms with van der Waals surface area (Å²) < 4.78 is 1.93. The van der Waals surface area contributed by atoms with E-state index in [2.05, 4.69) is 29.5 Å². The topological polar surface area (TPSA) is 29.9 Å². The number of terminal acetylenes is 1. The van der Waals surface area contributed by atoms with Crippen LogP contribution in [-0.4, -0.2) is 16.3 Å². The van der Waals surface area contributed by atoms with Crippen LogP contribution in [0.4, 0.5) is 0 Å². The molecule has 0 aliphatic rings. The molecule has 1 aromatic rings. The van der Waals surface area contributed by atoms with E-state index in [4.69, 9.17) is 6.42 Å². The van der Waals surface area contributed by atoms with Crippen LogP contribution in [0.2, 0.25) is 0 Å². The predicted molar refractivity (Wildman–Crippen MR) is 62.4 cm³/mol. The van der Waals surface area contributed by atoms with Gasteiger partial charge in [-0.15, -0.1) is 12.3 Å². The van der Waals surface area contributed by atoms with Gasteiger partial charge in [-0.1, -0.05) is 6.92 Å². The van der Waals surface area contributed by atoms with E-state index in [0.29, 0.717) is 0 Å². The first-order chi connectivity index (χ1) is 7.27. The molecule has 0 aliphatic carbocycles. The molecule has 0 saturated carbocycles. The van der Waals surface area contributed by atoms with Crippen LogP contribution in [0, 0.1) is 19.3 Å². The van der Waals surface area contributed by atoms with Gasteiger partial charge in [-0.25, -0.2) is 0 Å². The minimum absolute atomic E-state index is 0.739. The summed E-state index contributed by atoms with van der Waals surface area (Å²) in [6.07, 6.45) is 9.19. The van der Waals surface area contributed by atoms with Crippen molar-refractivity contribution in [2.24, 2.45) is 0 Å². The molecule has 82 valence electrons. The van der Waals surface area contributed by atoms with Crippen molar-refractivity contribution in [1.29, 1.82) is 0 Å². The van der Waals surface area contributed by atoms with Gasteiger partial charge in [0.2, 0.25) is 0 Å². The third kappa shape index (κ3) is 3.77. The maximum atomic E-state index is 5.22. The van der Waals surface area contributed by atoms with Gasteiger partial charge in [-0.2, -0.15) is 5.10 Å². The average Bonchev–Trinajstić information content (AvgIpc) is 2.57. The fraction of sp³-hybridized carbons (Fsp3) is 0.583. The molecule has 0 aromatic carbocycles. The van der Waals surface area contributed by atoms with Crippen LogP contribution in [0.15, 0.2) is 6.20 Å². The lowest BCUT2D eigenvalue weighted by molar-refractivity contribution is 0.623. The first-order valence-corrected chi connectivity index (χ1v) is 5.45. The molecule has 0 spiro atoms. The van der Waals surface area contributed by atoms with Crippen molar-refractivity contribution < 1.29 is 0 Å².